The maximum Gasteiger partial charge on any atom is 0.261 e. The zero-order valence-electron chi connectivity index (χ0n) is 10.3. The number of aromatic hydroxyl groups is 1. The van der Waals surface area contributed by atoms with Crippen molar-refractivity contribution in [3.05, 3.63) is 59.1 Å². The molecule has 2 heterocycles. The van der Waals surface area contributed by atoms with E-state index in [2.05, 4.69) is 15.1 Å². The van der Waals surface area contributed by atoms with Crippen LogP contribution in [0.1, 0.15) is 11.4 Å². The lowest BCUT2D eigenvalue weighted by Crippen LogP contribution is -1.90. The van der Waals surface area contributed by atoms with Gasteiger partial charge < -0.3 is 9.63 Å². The van der Waals surface area contributed by atoms with Crippen LogP contribution in [0.25, 0.3) is 11.5 Å². The highest BCUT2D eigenvalue weighted by Gasteiger charge is 2.12. The summed E-state index contributed by atoms with van der Waals surface area (Å²) in [5, 5.41) is 14.3. The molecule has 3 rings (SSSR count). The third-order valence-electron chi connectivity index (χ3n) is 2.77. The summed E-state index contributed by atoms with van der Waals surface area (Å²) in [4.78, 5) is 8.06. The molecule has 6 heteroatoms. The monoisotopic (exact) mass is 287 g/mol. The number of hydrogen-bond donors (Lipinski definition) is 1. The Hall–Kier alpha value is -2.40. The van der Waals surface area contributed by atoms with Crippen molar-refractivity contribution < 1.29 is 9.63 Å². The van der Waals surface area contributed by atoms with Crippen molar-refractivity contribution in [1.29, 1.82) is 0 Å². The van der Waals surface area contributed by atoms with E-state index in [0.717, 1.165) is 5.56 Å². The van der Waals surface area contributed by atoms with Crippen LogP contribution in [0.15, 0.2) is 47.2 Å². The van der Waals surface area contributed by atoms with Crippen LogP contribution in [0, 0.1) is 0 Å². The van der Waals surface area contributed by atoms with E-state index < -0.39 is 0 Å². The van der Waals surface area contributed by atoms with Gasteiger partial charge in [-0.15, -0.1) is 0 Å². The predicted molar refractivity (Wildman–Crippen MR) is 73.5 cm³/mol. The standard InChI is InChI=1S/C14H10ClN3O2/c15-10-3-1-9(2-4-10)7-13-17-14(20-18-13)11-5-6-16-8-12(11)19/h1-6,8,19H,7H2. The molecule has 1 N–H and O–H groups in total. The second kappa shape index (κ2) is 5.30. The molecule has 100 valence electrons. The Bertz CT molecular complexity index is 725. The number of rotatable bonds is 3. The van der Waals surface area contributed by atoms with Crippen LogP contribution in [-0.2, 0) is 6.42 Å². The highest BCUT2D eigenvalue weighted by atomic mass is 35.5. The van der Waals surface area contributed by atoms with Gasteiger partial charge in [0.15, 0.2) is 5.82 Å². The van der Waals surface area contributed by atoms with Gasteiger partial charge in [0, 0.05) is 17.6 Å². The number of aromatic nitrogens is 3. The zero-order chi connectivity index (χ0) is 13.9. The van der Waals surface area contributed by atoms with E-state index in [-0.39, 0.29) is 11.6 Å². The highest BCUT2D eigenvalue weighted by Crippen LogP contribution is 2.26. The Morgan fingerprint density at radius 3 is 2.70 bits per heavy atom. The summed E-state index contributed by atoms with van der Waals surface area (Å²) in [5.74, 6) is 0.821. The van der Waals surface area contributed by atoms with E-state index in [1.807, 2.05) is 24.3 Å². The van der Waals surface area contributed by atoms with E-state index >= 15 is 0 Å². The average molecular weight is 288 g/mol. The van der Waals surface area contributed by atoms with Crippen molar-refractivity contribution in [2.75, 3.05) is 0 Å². The van der Waals surface area contributed by atoms with Crippen molar-refractivity contribution in [3.8, 4) is 17.2 Å². The van der Waals surface area contributed by atoms with Crippen LogP contribution >= 0.6 is 11.6 Å². The number of nitrogens with zero attached hydrogens (tertiary/aromatic N) is 3. The summed E-state index contributed by atoms with van der Waals surface area (Å²) >= 11 is 5.83. The van der Waals surface area contributed by atoms with Gasteiger partial charge in [0.2, 0.25) is 0 Å². The molecule has 0 atom stereocenters. The zero-order valence-corrected chi connectivity index (χ0v) is 11.1. The molecule has 5 nitrogen and oxygen atoms in total. The Labute approximate surface area is 119 Å². The summed E-state index contributed by atoms with van der Waals surface area (Å²) in [5.41, 5.74) is 1.50. The smallest absolute Gasteiger partial charge is 0.261 e. The molecule has 0 saturated heterocycles. The van der Waals surface area contributed by atoms with Crippen molar-refractivity contribution in [2.45, 2.75) is 6.42 Å². The van der Waals surface area contributed by atoms with Gasteiger partial charge in [-0.3, -0.25) is 4.98 Å². The van der Waals surface area contributed by atoms with E-state index in [1.165, 1.54) is 6.20 Å². The first-order valence-electron chi connectivity index (χ1n) is 5.93. The minimum Gasteiger partial charge on any atom is -0.505 e. The molecule has 0 spiro atoms. The van der Waals surface area contributed by atoms with Gasteiger partial charge in [-0.1, -0.05) is 28.9 Å². The van der Waals surface area contributed by atoms with Crippen LogP contribution in [0.5, 0.6) is 5.75 Å². The van der Waals surface area contributed by atoms with Crippen LogP contribution in [0.2, 0.25) is 5.02 Å². The first-order valence-corrected chi connectivity index (χ1v) is 6.30. The summed E-state index contributed by atoms with van der Waals surface area (Å²) < 4.78 is 5.15. The largest absolute Gasteiger partial charge is 0.505 e. The van der Waals surface area contributed by atoms with Gasteiger partial charge in [-0.05, 0) is 23.8 Å². The van der Waals surface area contributed by atoms with E-state index in [9.17, 15) is 5.11 Å². The minimum atomic E-state index is 0.00851. The van der Waals surface area contributed by atoms with Crippen molar-refractivity contribution in [1.82, 2.24) is 15.1 Å². The predicted octanol–water partition coefficient (Wildman–Crippen LogP) is 3.08. The Kier molecular flexibility index (Phi) is 3.35. The Morgan fingerprint density at radius 2 is 1.95 bits per heavy atom. The van der Waals surface area contributed by atoms with E-state index in [0.29, 0.717) is 22.8 Å². The SMILES string of the molecule is Oc1cnccc1-c1nc(Cc2ccc(Cl)cc2)no1. The molecule has 0 unspecified atom stereocenters. The van der Waals surface area contributed by atoms with Gasteiger partial charge >= 0.3 is 0 Å². The summed E-state index contributed by atoms with van der Waals surface area (Å²) in [6.45, 7) is 0. The first kappa shape index (κ1) is 12.6. The van der Waals surface area contributed by atoms with Gasteiger partial charge in [0.1, 0.15) is 5.75 Å². The highest BCUT2D eigenvalue weighted by molar-refractivity contribution is 6.30. The number of pyridine rings is 1. The summed E-state index contributed by atoms with van der Waals surface area (Å²) in [6, 6.07) is 9.05. The second-order valence-electron chi connectivity index (χ2n) is 4.21. The molecule has 0 radical (unpaired) electrons. The molecule has 0 fully saturated rings. The molecule has 0 aliphatic rings. The summed E-state index contributed by atoms with van der Waals surface area (Å²) in [7, 11) is 0. The Balaban J connectivity index is 1.84. The van der Waals surface area contributed by atoms with Crippen LogP contribution < -0.4 is 0 Å². The molecule has 0 bridgehead atoms. The first-order chi connectivity index (χ1) is 9.72. The number of hydrogen-bond acceptors (Lipinski definition) is 5. The fraction of sp³-hybridized carbons (Fsp3) is 0.0714. The maximum atomic E-state index is 9.69. The summed E-state index contributed by atoms with van der Waals surface area (Å²) in [6.07, 6.45) is 3.42. The number of halogens is 1. The molecular formula is C14H10ClN3O2. The van der Waals surface area contributed by atoms with E-state index in [1.54, 1.807) is 12.3 Å². The molecule has 3 aromatic rings. The molecule has 2 aromatic heterocycles. The lowest BCUT2D eigenvalue weighted by molar-refractivity contribution is 0.418. The normalized spacial score (nSPS) is 10.7. The molecule has 0 saturated carbocycles. The lowest BCUT2D eigenvalue weighted by Gasteiger charge is -1.97. The quantitative estimate of drug-likeness (QED) is 0.801. The number of benzene rings is 1. The fourth-order valence-electron chi connectivity index (χ4n) is 1.79. The van der Waals surface area contributed by atoms with Crippen molar-refractivity contribution in [2.24, 2.45) is 0 Å². The van der Waals surface area contributed by atoms with Gasteiger partial charge in [0.25, 0.3) is 5.89 Å². The van der Waals surface area contributed by atoms with Crippen molar-refractivity contribution in [3.63, 3.8) is 0 Å². The third-order valence-corrected chi connectivity index (χ3v) is 3.03. The van der Waals surface area contributed by atoms with Crippen LogP contribution in [0.3, 0.4) is 0 Å². The second-order valence-corrected chi connectivity index (χ2v) is 4.65. The fourth-order valence-corrected chi connectivity index (χ4v) is 1.91. The van der Waals surface area contributed by atoms with E-state index in [4.69, 9.17) is 16.1 Å². The van der Waals surface area contributed by atoms with Gasteiger partial charge in [-0.25, -0.2) is 0 Å². The third kappa shape index (κ3) is 2.62. The van der Waals surface area contributed by atoms with Crippen molar-refractivity contribution >= 4 is 11.6 Å². The Morgan fingerprint density at radius 1 is 1.15 bits per heavy atom. The minimum absolute atomic E-state index is 0.00851. The lowest BCUT2D eigenvalue weighted by atomic mass is 10.1. The molecule has 0 amide bonds. The van der Waals surface area contributed by atoms with Gasteiger partial charge in [-0.2, -0.15) is 4.98 Å². The molecule has 0 aliphatic heterocycles. The van der Waals surface area contributed by atoms with Gasteiger partial charge in [0.05, 0.1) is 11.8 Å². The van der Waals surface area contributed by atoms with Crippen LogP contribution in [-0.4, -0.2) is 20.2 Å². The maximum absolute atomic E-state index is 9.69. The van der Waals surface area contributed by atoms with Crippen LogP contribution in [0.4, 0.5) is 0 Å². The topological polar surface area (TPSA) is 72.0 Å². The molecule has 1 aromatic carbocycles. The molecule has 0 aliphatic carbocycles. The average Bonchev–Trinajstić information content (AvgIpc) is 2.90. The molecular weight excluding hydrogens is 278 g/mol. The molecule has 20 heavy (non-hydrogen) atoms.